The fourth-order valence-electron chi connectivity index (χ4n) is 6.41. The minimum Gasteiger partial charge on any atom is -0.465 e. The number of aromatic nitrogens is 4. The number of nitrogens with zero attached hydrogens (tertiary/aromatic N) is 6. The summed E-state index contributed by atoms with van der Waals surface area (Å²) >= 11 is 0. The minimum atomic E-state index is -3.86. The van der Waals surface area contributed by atoms with E-state index in [9.17, 15) is 22.8 Å². The van der Waals surface area contributed by atoms with Crippen LogP contribution < -0.4 is 0 Å². The highest BCUT2D eigenvalue weighted by molar-refractivity contribution is 7.91. The van der Waals surface area contributed by atoms with E-state index in [1.807, 2.05) is 4.90 Å². The predicted octanol–water partition coefficient (Wildman–Crippen LogP) is 0.426. The number of rotatable bonds is 8. The molecule has 2 saturated heterocycles. The molecular formula is C24H38N6O8S. The van der Waals surface area contributed by atoms with E-state index < -0.39 is 45.2 Å². The normalized spacial score (nSPS) is 29.5. The highest BCUT2D eigenvalue weighted by atomic mass is 32.2. The number of aryl methyl sites for hydroxylation is 1. The molecule has 39 heavy (non-hydrogen) atoms. The summed E-state index contributed by atoms with van der Waals surface area (Å²) in [6, 6.07) is -1.39. The smallest absolute Gasteiger partial charge is 0.410 e. The van der Waals surface area contributed by atoms with Crippen LogP contribution in [0.4, 0.5) is 4.79 Å². The van der Waals surface area contributed by atoms with E-state index in [2.05, 4.69) is 15.5 Å². The molecule has 1 aromatic rings. The second-order valence-corrected chi connectivity index (χ2v) is 12.7. The van der Waals surface area contributed by atoms with E-state index >= 15 is 0 Å². The maximum Gasteiger partial charge on any atom is 0.410 e. The summed E-state index contributed by atoms with van der Waals surface area (Å²) in [5.41, 5.74) is 0. The molecule has 3 fully saturated rings. The molecule has 4 rings (SSSR count). The number of sulfone groups is 1. The van der Waals surface area contributed by atoms with Crippen molar-refractivity contribution in [3.63, 3.8) is 0 Å². The lowest BCUT2D eigenvalue weighted by Crippen LogP contribution is -2.55. The summed E-state index contributed by atoms with van der Waals surface area (Å²) < 4.78 is 43.2. The maximum atomic E-state index is 13.3. The molecule has 0 bridgehead atoms. The Balaban J connectivity index is 1.48. The van der Waals surface area contributed by atoms with Crippen LogP contribution in [0.15, 0.2) is 5.16 Å². The lowest BCUT2D eigenvalue weighted by Gasteiger charge is -2.46. The molecule has 0 N–H and O–H groups in total. The van der Waals surface area contributed by atoms with E-state index in [1.54, 1.807) is 13.8 Å². The van der Waals surface area contributed by atoms with Gasteiger partial charge in [-0.1, -0.05) is 5.10 Å². The van der Waals surface area contributed by atoms with Gasteiger partial charge in [-0.3, -0.25) is 14.6 Å². The Hall–Kier alpha value is -2.81. The van der Waals surface area contributed by atoms with Crippen LogP contribution in [-0.2, 0) is 40.7 Å². The summed E-state index contributed by atoms with van der Waals surface area (Å²) in [6.07, 6.45) is 2.55. The van der Waals surface area contributed by atoms with Crippen LogP contribution in [0.2, 0.25) is 0 Å². The molecule has 2 aliphatic heterocycles. The van der Waals surface area contributed by atoms with Gasteiger partial charge in [0, 0.05) is 26.7 Å². The number of methoxy groups -OCH3 is 1. The van der Waals surface area contributed by atoms with Gasteiger partial charge in [-0.25, -0.2) is 22.7 Å². The van der Waals surface area contributed by atoms with Crippen molar-refractivity contribution >= 4 is 27.9 Å². The number of ether oxygens (including phenoxy) is 3. The second kappa shape index (κ2) is 12.1. The van der Waals surface area contributed by atoms with Crippen molar-refractivity contribution in [3.8, 4) is 0 Å². The van der Waals surface area contributed by atoms with E-state index in [1.165, 1.54) is 19.1 Å². The Labute approximate surface area is 228 Å². The van der Waals surface area contributed by atoms with Gasteiger partial charge in [0.25, 0.3) is 5.16 Å². The molecule has 1 aromatic heterocycles. The van der Waals surface area contributed by atoms with Crippen molar-refractivity contribution < 1.29 is 37.0 Å². The van der Waals surface area contributed by atoms with E-state index in [-0.39, 0.29) is 49.1 Å². The molecular weight excluding hydrogens is 532 g/mol. The first-order valence-electron chi connectivity index (χ1n) is 13.5. The van der Waals surface area contributed by atoms with Gasteiger partial charge in [0.1, 0.15) is 12.1 Å². The van der Waals surface area contributed by atoms with Crippen LogP contribution in [0.25, 0.3) is 0 Å². The Bertz CT molecular complexity index is 1160. The molecule has 218 valence electrons. The van der Waals surface area contributed by atoms with Crippen LogP contribution >= 0.6 is 0 Å². The van der Waals surface area contributed by atoms with Crippen LogP contribution in [0.5, 0.6) is 0 Å². The maximum absolute atomic E-state index is 13.3. The number of esters is 2. The first kappa shape index (κ1) is 29.2. The Morgan fingerprint density at radius 3 is 2.26 bits per heavy atom. The number of carbonyl (C=O) groups is 3. The summed E-state index contributed by atoms with van der Waals surface area (Å²) in [6.45, 7) is 5.00. The van der Waals surface area contributed by atoms with Gasteiger partial charge in [-0.15, -0.1) is 0 Å². The largest absolute Gasteiger partial charge is 0.465 e. The number of piperidine rings is 1. The van der Waals surface area contributed by atoms with Gasteiger partial charge < -0.3 is 14.2 Å². The average molecular weight is 571 g/mol. The van der Waals surface area contributed by atoms with Gasteiger partial charge in [0.05, 0.1) is 25.6 Å². The summed E-state index contributed by atoms with van der Waals surface area (Å²) in [7, 11) is -1.09. The molecule has 1 amide bonds. The zero-order valence-electron chi connectivity index (χ0n) is 22.9. The van der Waals surface area contributed by atoms with Crippen molar-refractivity contribution in [3.05, 3.63) is 0 Å². The zero-order valence-corrected chi connectivity index (χ0v) is 23.7. The average Bonchev–Trinajstić information content (AvgIpc) is 3.55. The molecule has 0 radical (unpaired) electrons. The number of tetrazole rings is 1. The Morgan fingerprint density at radius 1 is 0.949 bits per heavy atom. The van der Waals surface area contributed by atoms with Crippen molar-refractivity contribution in [2.45, 2.75) is 68.4 Å². The molecule has 15 heteroatoms. The zero-order chi connectivity index (χ0) is 28.3. The number of amides is 1. The topological polar surface area (TPSA) is 163 Å². The summed E-state index contributed by atoms with van der Waals surface area (Å²) in [5, 5.41) is 9.73. The number of fused-ring (bicyclic) bond motifs is 1. The third kappa shape index (κ3) is 6.03. The molecule has 1 saturated carbocycles. The van der Waals surface area contributed by atoms with Crippen LogP contribution in [-0.4, -0.2) is 114 Å². The lowest BCUT2D eigenvalue weighted by atomic mass is 9.69. The van der Waals surface area contributed by atoms with Gasteiger partial charge >= 0.3 is 18.0 Å². The van der Waals surface area contributed by atoms with Gasteiger partial charge in [0.15, 0.2) is 0 Å². The fraction of sp³-hybridized carbons (Fsp3) is 0.833. The summed E-state index contributed by atoms with van der Waals surface area (Å²) in [4.78, 5) is 41.4. The SMILES string of the molecule is CCOC(=O)C1CC2CC(CN3C[C@@H](S(=O)(=O)c4nnnn4C)C[C@H]3C(=O)OCC)CCC2CN1C(=O)OC. The van der Waals surface area contributed by atoms with Crippen LogP contribution in [0, 0.1) is 17.8 Å². The standard InChI is InChI=1S/C24H38N6O8S/c1-5-37-21(31)19-11-18(39(34,35)23-25-26-27-28(23)3)14-29(19)12-15-7-8-16-13-30(24(33)36-4)20(10-17(16)9-15)22(32)38-6-2/h15-20H,5-14H2,1-4H3/t15?,16?,17?,18-,19-,20?/m0/s1. The van der Waals surface area contributed by atoms with E-state index in [4.69, 9.17) is 14.2 Å². The quantitative estimate of drug-likeness (QED) is 0.313. The van der Waals surface area contributed by atoms with Crippen molar-refractivity contribution in [2.24, 2.45) is 24.8 Å². The van der Waals surface area contributed by atoms with Crippen molar-refractivity contribution in [1.82, 2.24) is 30.0 Å². The van der Waals surface area contributed by atoms with Crippen molar-refractivity contribution in [2.75, 3.05) is 40.0 Å². The molecule has 0 spiro atoms. The number of hydrogen-bond acceptors (Lipinski definition) is 12. The molecule has 14 nitrogen and oxygen atoms in total. The Kier molecular flexibility index (Phi) is 9.09. The monoisotopic (exact) mass is 570 g/mol. The third-order valence-electron chi connectivity index (χ3n) is 8.24. The Morgan fingerprint density at radius 2 is 1.64 bits per heavy atom. The van der Waals surface area contributed by atoms with Gasteiger partial charge in [0.2, 0.25) is 9.84 Å². The van der Waals surface area contributed by atoms with Crippen molar-refractivity contribution in [1.29, 1.82) is 0 Å². The van der Waals surface area contributed by atoms with Crippen LogP contribution in [0.1, 0.15) is 46.0 Å². The predicted molar refractivity (Wildman–Crippen MR) is 135 cm³/mol. The van der Waals surface area contributed by atoms with Gasteiger partial charge in [-0.2, -0.15) is 0 Å². The highest BCUT2D eigenvalue weighted by Crippen LogP contribution is 2.42. The first-order chi connectivity index (χ1) is 18.6. The highest BCUT2D eigenvalue weighted by Gasteiger charge is 2.48. The number of likely N-dealkylation sites (tertiary alicyclic amines) is 2. The van der Waals surface area contributed by atoms with E-state index in [0.717, 1.165) is 23.9 Å². The second-order valence-electron chi connectivity index (χ2n) is 10.5. The van der Waals surface area contributed by atoms with E-state index in [0.29, 0.717) is 19.5 Å². The summed E-state index contributed by atoms with van der Waals surface area (Å²) in [5.74, 6) is -0.270. The number of carbonyl (C=O) groups excluding carboxylic acids is 3. The molecule has 4 unspecified atom stereocenters. The molecule has 3 aliphatic rings. The molecule has 1 aliphatic carbocycles. The van der Waals surface area contributed by atoms with Gasteiger partial charge in [-0.05, 0) is 74.1 Å². The number of hydrogen-bond donors (Lipinski definition) is 0. The molecule has 6 atom stereocenters. The minimum absolute atomic E-state index is 0.103. The first-order valence-corrected chi connectivity index (χ1v) is 15.0. The third-order valence-corrected chi connectivity index (χ3v) is 10.3. The molecule has 3 heterocycles. The van der Waals surface area contributed by atoms with Crippen LogP contribution in [0.3, 0.4) is 0 Å². The lowest BCUT2D eigenvalue weighted by molar-refractivity contribution is -0.153. The fourth-order valence-corrected chi connectivity index (χ4v) is 8.09. The molecule has 0 aromatic carbocycles.